The van der Waals surface area contributed by atoms with Gasteiger partial charge in [0.2, 0.25) is 5.91 Å². The lowest BCUT2D eigenvalue weighted by atomic mass is 10.0. The molecule has 1 amide bonds. The molecular weight excluding hydrogens is 230 g/mol. The number of carboxylic acids is 1. The highest BCUT2D eigenvalue weighted by atomic mass is 16.4. The number of hydrogen-bond acceptors (Lipinski definition) is 2. The van der Waals surface area contributed by atoms with E-state index < -0.39 is 5.97 Å². The third-order valence-electron chi connectivity index (χ3n) is 2.67. The fraction of sp³-hybridized carbons (Fsp3) is 0.429. The first-order valence-corrected chi connectivity index (χ1v) is 6.01. The van der Waals surface area contributed by atoms with Crippen LogP contribution in [0.2, 0.25) is 0 Å². The SMILES string of the molecule is Cc1ccc(CNC(=O)C[C@@H](C)CC(=O)O)cc1. The Labute approximate surface area is 107 Å². The summed E-state index contributed by atoms with van der Waals surface area (Å²) in [6.07, 6.45) is 0.274. The highest BCUT2D eigenvalue weighted by Gasteiger charge is 2.12. The van der Waals surface area contributed by atoms with Crippen LogP contribution >= 0.6 is 0 Å². The standard InChI is InChI=1S/C14H19NO3/c1-10-3-5-12(6-4-10)9-15-13(16)7-11(2)8-14(17)18/h3-6,11H,7-9H2,1-2H3,(H,15,16)(H,17,18)/t11-/m1/s1. The van der Waals surface area contributed by atoms with Crippen LogP contribution in [-0.2, 0) is 16.1 Å². The number of rotatable bonds is 6. The van der Waals surface area contributed by atoms with Gasteiger partial charge in [-0.1, -0.05) is 36.8 Å². The number of aryl methyl sites for hydroxylation is 1. The van der Waals surface area contributed by atoms with E-state index in [0.717, 1.165) is 5.56 Å². The minimum atomic E-state index is -0.867. The Kier molecular flexibility index (Phi) is 5.36. The highest BCUT2D eigenvalue weighted by molar-refractivity contribution is 5.77. The third-order valence-corrected chi connectivity index (χ3v) is 2.67. The van der Waals surface area contributed by atoms with Gasteiger partial charge >= 0.3 is 5.97 Å². The van der Waals surface area contributed by atoms with Gasteiger partial charge in [-0.25, -0.2) is 0 Å². The van der Waals surface area contributed by atoms with Gasteiger partial charge in [-0.15, -0.1) is 0 Å². The van der Waals surface area contributed by atoms with Gasteiger partial charge < -0.3 is 10.4 Å². The maximum Gasteiger partial charge on any atom is 0.303 e. The first-order chi connectivity index (χ1) is 8.47. The molecule has 0 spiro atoms. The molecule has 1 atom stereocenters. The number of carboxylic acid groups (broad SMARTS) is 1. The Morgan fingerprint density at radius 2 is 1.83 bits per heavy atom. The van der Waals surface area contributed by atoms with Crippen molar-refractivity contribution >= 4 is 11.9 Å². The van der Waals surface area contributed by atoms with Crippen LogP contribution < -0.4 is 5.32 Å². The summed E-state index contributed by atoms with van der Waals surface area (Å²) in [6, 6.07) is 7.93. The van der Waals surface area contributed by atoms with Crippen LogP contribution in [-0.4, -0.2) is 17.0 Å². The maximum absolute atomic E-state index is 11.6. The van der Waals surface area contributed by atoms with Crippen LogP contribution in [0.4, 0.5) is 0 Å². The second-order valence-electron chi connectivity index (χ2n) is 4.67. The van der Waals surface area contributed by atoms with E-state index in [1.54, 1.807) is 6.92 Å². The zero-order valence-electron chi connectivity index (χ0n) is 10.8. The molecule has 1 rings (SSSR count). The summed E-state index contributed by atoms with van der Waals surface area (Å²) >= 11 is 0. The lowest BCUT2D eigenvalue weighted by molar-refractivity contribution is -0.138. The molecule has 2 N–H and O–H groups in total. The molecule has 0 aliphatic heterocycles. The molecule has 0 radical (unpaired) electrons. The monoisotopic (exact) mass is 249 g/mol. The van der Waals surface area contributed by atoms with Crippen molar-refractivity contribution in [3.63, 3.8) is 0 Å². The first kappa shape index (κ1) is 14.2. The van der Waals surface area contributed by atoms with Crippen molar-refractivity contribution in [3.8, 4) is 0 Å². The fourth-order valence-electron chi connectivity index (χ4n) is 1.67. The molecule has 0 fully saturated rings. The number of aliphatic carboxylic acids is 1. The van der Waals surface area contributed by atoms with Gasteiger partial charge in [-0.2, -0.15) is 0 Å². The Balaban J connectivity index is 2.32. The zero-order chi connectivity index (χ0) is 13.5. The summed E-state index contributed by atoms with van der Waals surface area (Å²) in [5.41, 5.74) is 2.22. The number of benzene rings is 1. The van der Waals surface area contributed by atoms with E-state index in [2.05, 4.69) is 5.32 Å². The van der Waals surface area contributed by atoms with Crippen LogP contribution in [0.3, 0.4) is 0 Å². The average molecular weight is 249 g/mol. The lowest BCUT2D eigenvalue weighted by Gasteiger charge is -2.09. The minimum absolute atomic E-state index is 0.0257. The molecule has 0 bridgehead atoms. The van der Waals surface area contributed by atoms with E-state index in [1.807, 2.05) is 31.2 Å². The Morgan fingerprint density at radius 3 is 2.39 bits per heavy atom. The summed E-state index contributed by atoms with van der Waals surface area (Å²) in [6.45, 7) is 4.26. The Bertz CT molecular complexity index is 412. The van der Waals surface area contributed by atoms with Gasteiger partial charge in [0.25, 0.3) is 0 Å². The highest BCUT2D eigenvalue weighted by Crippen LogP contribution is 2.07. The smallest absolute Gasteiger partial charge is 0.303 e. The molecular formula is C14H19NO3. The topological polar surface area (TPSA) is 66.4 Å². The second kappa shape index (κ2) is 6.79. The molecule has 0 unspecified atom stereocenters. The minimum Gasteiger partial charge on any atom is -0.481 e. The molecule has 1 aromatic carbocycles. The number of nitrogens with one attached hydrogen (secondary N) is 1. The van der Waals surface area contributed by atoms with E-state index in [0.29, 0.717) is 6.54 Å². The molecule has 4 heteroatoms. The van der Waals surface area contributed by atoms with Crippen LogP contribution in [0.5, 0.6) is 0 Å². The van der Waals surface area contributed by atoms with Crippen LogP contribution in [0.15, 0.2) is 24.3 Å². The van der Waals surface area contributed by atoms with Gasteiger partial charge in [0.15, 0.2) is 0 Å². The number of carbonyl (C=O) groups excluding carboxylic acids is 1. The molecule has 0 heterocycles. The molecule has 1 aromatic rings. The van der Waals surface area contributed by atoms with Crippen LogP contribution in [0, 0.1) is 12.8 Å². The summed E-state index contributed by atoms with van der Waals surface area (Å²) in [4.78, 5) is 22.0. The summed E-state index contributed by atoms with van der Waals surface area (Å²) < 4.78 is 0. The molecule has 98 valence electrons. The molecule has 0 aliphatic carbocycles. The third kappa shape index (κ3) is 5.48. The van der Waals surface area contributed by atoms with E-state index in [1.165, 1.54) is 5.56 Å². The average Bonchev–Trinajstić information content (AvgIpc) is 2.27. The summed E-state index contributed by atoms with van der Waals surface area (Å²) in [5, 5.41) is 11.4. The molecule has 0 aromatic heterocycles. The van der Waals surface area contributed by atoms with Crippen molar-refractivity contribution in [1.82, 2.24) is 5.32 Å². The van der Waals surface area contributed by atoms with E-state index >= 15 is 0 Å². The van der Waals surface area contributed by atoms with E-state index in [9.17, 15) is 9.59 Å². The Hall–Kier alpha value is -1.84. The maximum atomic E-state index is 11.6. The quantitative estimate of drug-likeness (QED) is 0.811. The lowest BCUT2D eigenvalue weighted by Crippen LogP contribution is -2.25. The van der Waals surface area contributed by atoms with Crippen LogP contribution in [0.1, 0.15) is 30.9 Å². The largest absolute Gasteiger partial charge is 0.481 e. The summed E-state index contributed by atoms with van der Waals surface area (Å²) in [5.74, 6) is -1.11. The predicted molar refractivity (Wildman–Crippen MR) is 69.1 cm³/mol. The van der Waals surface area contributed by atoms with Gasteiger partial charge in [-0.05, 0) is 18.4 Å². The van der Waals surface area contributed by atoms with Crippen molar-refractivity contribution in [2.24, 2.45) is 5.92 Å². The van der Waals surface area contributed by atoms with E-state index in [4.69, 9.17) is 5.11 Å². The number of amides is 1. The van der Waals surface area contributed by atoms with Crippen molar-refractivity contribution in [2.75, 3.05) is 0 Å². The number of hydrogen-bond donors (Lipinski definition) is 2. The normalized spacial score (nSPS) is 11.9. The molecule has 0 saturated carbocycles. The molecule has 0 aliphatic rings. The van der Waals surface area contributed by atoms with Crippen molar-refractivity contribution in [2.45, 2.75) is 33.2 Å². The van der Waals surface area contributed by atoms with Gasteiger partial charge in [0, 0.05) is 19.4 Å². The number of carbonyl (C=O) groups is 2. The van der Waals surface area contributed by atoms with Crippen molar-refractivity contribution in [3.05, 3.63) is 35.4 Å². The van der Waals surface area contributed by atoms with Crippen molar-refractivity contribution < 1.29 is 14.7 Å². The molecule has 4 nitrogen and oxygen atoms in total. The fourth-order valence-corrected chi connectivity index (χ4v) is 1.67. The van der Waals surface area contributed by atoms with Gasteiger partial charge in [0.1, 0.15) is 0 Å². The summed E-state index contributed by atoms with van der Waals surface area (Å²) in [7, 11) is 0. The van der Waals surface area contributed by atoms with Gasteiger partial charge in [0.05, 0.1) is 0 Å². The first-order valence-electron chi connectivity index (χ1n) is 6.01. The Morgan fingerprint density at radius 1 is 1.22 bits per heavy atom. The van der Waals surface area contributed by atoms with Crippen molar-refractivity contribution in [1.29, 1.82) is 0 Å². The van der Waals surface area contributed by atoms with Crippen LogP contribution in [0.25, 0.3) is 0 Å². The second-order valence-corrected chi connectivity index (χ2v) is 4.67. The zero-order valence-corrected chi connectivity index (χ0v) is 10.8. The van der Waals surface area contributed by atoms with Gasteiger partial charge in [-0.3, -0.25) is 9.59 Å². The molecule has 0 saturated heterocycles. The van der Waals surface area contributed by atoms with E-state index in [-0.39, 0.29) is 24.7 Å². The predicted octanol–water partition coefficient (Wildman–Crippen LogP) is 2.11. The molecule has 18 heavy (non-hydrogen) atoms.